The van der Waals surface area contributed by atoms with E-state index >= 15 is 0 Å². The van der Waals surface area contributed by atoms with Crippen molar-refractivity contribution in [3.63, 3.8) is 0 Å². The molecule has 2 nitrogen and oxygen atoms in total. The average molecular weight is 258 g/mol. The highest BCUT2D eigenvalue weighted by Crippen LogP contribution is 2.44. The molecule has 0 bridgehead atoms. The molecule has 0 heterocycles. The van der Waals surface area contributed by atoms with Crippen molar-refractivity contribution < 1.29 is 9.90 Å². The maximum Gasteiger partial charge on any atom is 0.309 e. The van der Waals surface area contributed by atoms with E-state index in [1.165, 1.54) is 36.0 Å². The number of benzene rings is 1. The third-order valence-electron chi connectivity index (χ3n) is 5.01. The largest absolute Gasteiger partial charge is 0.481 e. The molecule has 0 amide bonds. The molecule has 1 N–H and O–H groups in total. The number of carboxylic acids is 1. The van der Waals surface area contributed by atoms with E-state index in [1.54, 1.807) is 0 Å². The lowest BCUT2D eigenvalue weighted by atomic mass is 9.79. The number of carbonyl (C=O) groups is 1. The molecule has 3 rings (SSSR count). The summed E-state index contributed by atoms with van der Waals surface area (Å²) in [6, 6.07) is 6.62. The SMILES string of the molecule is CC1CCC(Cc2ccc3c(c2)CCC3)(C(=O)O)C1. The summed E-state index contributed by atoms with van der Waals surface area (Å²) in [5.41, 5.74) is 3.63. The minimum atomic E-state index is -0.600. The third-order valence-corrected chi connectivity index (χ3v) is 5.01. The smallest absolute Gasteiger partial charge is 0.309 e. The standard InChI is InChI=1S/C17H22O2/c1-12-7-8-17(10-12,16(18)19)11-13-5-6-14-3-2-4-15(14)9-13/h5-6,9,12H,2-4,7-8,10-11H2,1H3,(H,18,19). The van der Waals surface area contributed by atoms with Gasteiger partial charge in [-0.25, -0.2) is 0 Å². The molecule has 0 saturated heterocycles. The molecule has 1 saturated carbocycles. The summed E-state index contributed by atoms with van der Waals surface area (Å²) in [5.74, 6) is -0.0529. The first-order valence-electron chi connectivity index (χ1n) is 7.43. The number of aryl methyl sites for hydroxylation is 2. The number of aliphatic carboxylic acids is 1. The van der Waals surface area contributed by atoms with Gasteiger partial charge in [0.05, 0.1) is 5.41 Å². The zero-order chi connectivity index (χ0) is 13.5. The lowest BCUT2D eigenvalue weighted by Crippen LogP contribution is -2.30. The van der Waals surface area contributed by atoms with E-state index in [0.29, 0.717) is 12.3 Å². The summed E-state index contributed by atoms with van der Waals surface area (Å²) in [6.07, 6.45) is 7.04. The van der Waals surface area contributed by atoms with Gasteiger partial charge in [0.2, 0.25) is 0 Å². The number of hydrogen-bond donors (Lipinski definition) is 1. The van der Waals surface area contributed by atoms with Crippen LogP contribution in [0.2, 0.25) is 0 Å². The minimum Gasteiger partial charge on any atom is -0.481 e. The van der Waals surface area contributed by atoms with E-state index in [-0.39, 0.29) is 0 Å². The number of carboxylic acid groups (broad SMARTS) is 1. The minimum absolute atomic E-state index is 0.508. The van der Waals surface area contributed by atoms with Crippen LogP contribution in [0.1, 0.15) is 49.3 Å². The van der Waals surface area contributed by atoms with Gasteiger partial charge in [0.25, 0.3) is 0 Å². The van der Waals surface area contributed by atoms with Crippen molar-refractivity contribution in [2.24, 2.45) is 11.3 Å². The van der Waals surface area contributed by atoms with Crippen molar-refractivity contribution in [2.75, 3.05) is 0 Å². The molecule has 2 heteroatoms. The Morgan fingerprint density at radius 2 is 2.16 bits per heavy atom. The van der Waals surface area contributed by atoms with Crippen LogP contribution >= 0.6 is 0 Å². The van der Waals surface area contributed by atoms with Gasteiger partial charge in [-0.3, -0.25) is 4.79 Å². The molecule has 0 aliphatic heterocycles. The Balaban J connectivity index is 1.85. The molecule has 2 aliphatic carbocycles. The van der Waals surface area contributed by atoms with E-state index < -0.39 is 11.4 Å². The molecule has 2 aliphatic rings. The van der Waals surface area contributed by atoms with Gasteiger partial charge in [-0.05, 0) is 67.6 Å². The highest BCUT2D eigenvalue weighted by atomic mass is 16.4. The van der Waals surface area contributed by atoms with Gasteiger partial charge in [0.15, 0.2) is 0 Å². The van der Waals surface area contributed by atoms with Crippen LogP contribution in [0.3, 0.4) is 0 Å². The summed E-state index contributed by atoms with van der Waals surface area (Å²) in [5, 5.41) is 9.64. The zero-order valence-corrected chi connectivity index (χ0v) is 11.6. The summed E-state index contributed by atoms with van der Waals surface area (Å²) in [6.45, 7) is 2.17. The van der Waals surface area contributed by atoms with Gasteiger partial charge in [-0.1, -0.05) is 25.1 Å². The lowest BCUT2D eigenvalue weighted by Gasteiger charge is -2.24. The predicted molar refractivity (Wildman–Crippen MR) is 75.3 cm³/mol. The monoisotopic (exact) mass is 258 g/mol. The van der Waals surface area contributed by atoms with Crippen LogP contribution in [0, 0.1) is 11.3 Å². The topological polar surface area (TPSA) is 37.3 Å². The number of hydrogen-bond acceptors (Lipinski definition) is 1. The van der Waals surface area contributed by atoms with Gasteiger partial charge in [-0.15, -0.1) is 0 Å². The van der Waals surface area contributed by atoms with Crippen LogP contribution in [-0.4, -0.2) is 11.1 Å². The quantitative estimate of drug-likeness (QED) is 0.899. The molecule has 2 atom stereocenters. The molecule has 0 spiro atoms. The molecule has 19 heavy (non-hydrogen) atoms. The molecule has 2 unspecified atom stereocenters. The Hall–Kier alpha value is -1.31. The van der Waals surface area contributed by atoms with E-state index in [2.05, 4.69) is 25.1 Å². The Labute approximate surface area is 114 Å². The van der Waals surface area contributed by atoms with Gasteiger partial charge in [-0.2, -0.15) is 0 Å². The maximum absolute atomic E-state index is 11.7. The summed E-state index contributed by atoms with van der Waals surface area (Å²) >= 11 is 0. The first kappa shape index (κ1) is 12.7. The zero-order valence-electron chi connectivity index (χ0n) is 11.6. The average Bonchev–Trinajstić information content (AvgIpc) is 2.96. The first-order chi connectivity index (χ1) is 9.09. The van der Waals surface area contributed by atoms with Crippen molar-refractivity contribution >= 4 is 5.97 Å². The van der Waals surface area contributed by atoms with Crippen molar-refractivity contribution in [3.8, 4) is 0 Å². The van der Waals surface area contributed by atoms with Crippen LogP contribution in [0.15, 0.2) is 18.2 Å². The molecular formula is C17H22O2. The first-order valence-corrected chi connectivity index (χ1v) is 7.43. The fourth-order valence-corrected chi connectivity index (χ4v) is 3.95. The van der Waals surface area contributed by atoms with Crippen molar-refractivity contribution in [3.05, 3.63) is 34.9 Å². The second kappa shape index (κ2) is 4.66. The van der Waals surface area contributed by atoms with E-state index in [1.807, 2.05) is 0 Å². The van der Waals surface area contributed by atoms with Gasteiger partial charge in [0.1, 0.15) is 0 Å². The van der Waals surface area contributed by atoms with E-state index in [9.17, 15) is 9.90 Å². The third kappa shape index (κ3) is 2.29. The second-order valence-electron chi connectivity index (χ2n) is 6.57. The van der Waals surface area contributed by atoms with Crippen LogP contribution in [0.4, 0.5) is 0 Å². The van der Waals surface area contributed by atoms with E-state index in [0.717, 1.165) is 19.3 Å². The Morgan fingerprint density at radius 1 is 1.37 bits per heavy atom. The normalized spacial score (nSPS) is 29.4. The Kier molecular flexibility index (Phi) is 3.12. The molecule has 1 fully saturated rings. The Morgan fingerprint density at radius 3 is 2.84 bits per heavy atom. The predicted octanol–water partition coefficient (Wildman–Crippen LogP) is 3.61. The fourth-order valence-electron chi connectivity index (χ4n) is 3.95. The molecule has 0 aromatic heterocycles. The molecule has 0 radical (unpaired) electrons. The van der Waals surface area contributed by atoms with Gasteiger partial charge >= 0.3 is 5.97 Å². The van der Waals surface area contributed by atoms with Gasteiger partial charge in [0, 0.05) is 0 Å². The van der Waals surface area contributed by atoms with Crippen LogP contribution < -0.4 is 0 Å². The maximum atomic E-state index is 11.7. The molecule has 1 aromatic rings. The van der Waals surface area contributed by atoms with Crippen molar-refractivity contribution in [1.29, 1.82) is 0 Å². The lowest BCUT2D eigenvalue weighted by molar-refractivity contribution is -0.148. The number of rotatable bonds is 3. The van der Waals surface area contributed by atoms with Crippen LogP contribution in [-0.2, 0) is 24.1 Å². The molecule has 102 valence electrons. The van der Waals surface area contributed by atoms with Gasteiger partial charge < -0.3 is 5.11 Å². The summed E-state index contributed by atoms with van der Waals surface area (Å²) < 4.78 is 0. The van der Waals surface area contributed by atoms with Crippen LogP contribution in [0.5, 0.6) is 0 Å². The highest BCUT2D eigenvalue weighted by Gasteiger charge is 2.44. The van der Waals surface area contributed by atoms with Crippen molar-refractivity contribution in [1.82, 2.24) is 0 Å². The second-order valence-corrected chi connectivity index (χ2v) is 6.57. The summed E-state index contributed by atoms with van der Waals surface area (Å²) in [4.78, 5) is 11.7. The number of fused-ring (bicyclic) bond motifs is 1. The van der Waals surface area contributed by atoms with Crippen molar-refractivity contribution in [2.45, 2.75) is 51.9 Å². The summed E-state index contributed by atoms with van der Waals surface area (Å²) in [7, 11) is 0. The van der Waals surface area contributed by atoms with E-state index in [4.69, 9.17) is 0 Å². The van der Waals surface area contributed by atoms with Crippen LogP contribution in [0.25, 0.3) is 0 Å². The fraction of sp³-hybridized carbons (Fsp3) is 0.588. The Bertz CT molecular complexity index is 506. The highest BCUT2D eigenvalue weighted by molar-refractivity contribution is 5.75. The molecular weight excluding hydrogens is 236 g/mol. The molecule has 1 aromatic carbocycles.